The summed E-state index contributed by atoms with van der Waals surface area (Å²) in [6, 6.07) is 14.2. The quantitative estimate of drug-likeness (QED) is 0.667. The molecule has 2 heterocycles. The molecule has 1 atom stereocenters. The summed E-state index contributed by atoms with van der Waals surface area (Å²) < 4.78 is 11.1. The Morgan fingerprint density at radius 3 is 2.55 bits per heavy atom. The van der Waals surface area contributed by atoms with Gasteiger partial charge in [0, 0.05) is 24.9 Å². The van der Waals surface area contributed by atoms with Crippen molar-refractivity contribution >= 4 is 23.5 Å². The van der Waals surface area contributed by atoms with Crippen molar-refractivity contribution in [3.63, 3.8) is 0 Å². The molecule has 2 amide bonds. The number of carbonyl (C=O) groups is 3. The van der Waals surface area contributed by atoms with Crippen molar-refractivity contribution in [3.05, 3.63) is 59.7 Å². The van der Waals surface area contributed by atoms with E-state index in [1.807, 2.05) is 32.0 Å². The zero-order chi connectivity index (χ0) is 22.2. The van der Waals surface area contributed by atoms with Crippen molar-refractivity contribution in [1.82, 2.24) is 4.90 Å². The molecule has 7 nitrogen and oxygen atoms in total. The van der Waals surface area contributed by atoms with Crippen LogP contribution in [-0.4, -0.2) is 42.0 Å². The molecule has 4 rings (SSSR count). The van der Waals surface area contributed by atoms with Crippen LogP contribution in [0.2, 0.25) is 0 Å². The molecule has 2 aromatic carbocycles. The van der Waals surface area contributed by atoms with E-state index in [2.05, 4.69) is 0 Å². The molecular formula is C24H26N2O5. The lowest BCUT2D eigenvalue weighted by Gasteiger charge is -2.48. The number of methoxy groups -OCH3 is 1. The molecule has 2 aliphatic rings. The number of carbonyl (C=O) groups excluding carboxylic acids is 3. The molecule has 0 radical (unpaired) electrons. The Morgan fingerprint density at radius 2 is 1.81 bits per heavy atom. The SMILES string of the molecule is COc1ccccc1COC(=O)[C@@]12CCC(=O)N1c1ccccc1C(=O)N2CC(C)C. The summed E-state index contributed by atoms with van der Waals surface area (Å²) in [6.45, 7) is 4.27. The van der Waals surface area contributed by atoms with Crippen molar-refractivity contribution in [2.75, 3.05) is 18.6 Å². The van der Waals surface area contributed by atoms with Crippen LogP contribution in [0.5, 0.6) is 5.75 Å². The molecule has 162 valence electrons. The molecule has 0 bridgehead atoms. The van der Waals surface area contributed by atoms with Crippen molar-refractivity contribution in [1.29, 1.82) is 0 Å². The van der Waals surface area contributed by atoms with Gasteiger partial charge >= 0.3 is 5.97 Å². The first-order valence-electron chi connectivity index (χ1n) is 10.4. The van der Waals surface area contributed by atoms with E-state index in [0.717, 1.165) is 0 Å². The first-order valence-corrected chi connectivity index (χ1v) is 10.4. The average molecular weight is 422 g/mol. The highest BCUT2D eigenvalue weighted by molar-refractivity contribution is 6.15. The Labute approximate surface area is 181 Å². The lowest BCUT2D eigenvalue weighted by atomic mass is 9.95. The largest absolute Gasteiger partial charge is 0.496 e. The molecule has 0 saturated carbocycles. The van der Waals surface area contributed by atoms with Gasteiger partial charge in [-0.15, -0.1) is 0 Å². The summed E-state index contributed by atoms with van der Waals surface area (Å²) in [5.74, 6) is -0.345. The van der Waals surface area contributed by atoms with E-state index < -0.39 is 11.6 Å². The van der Waals surface area contributed by atoms with E-state index in [-0.39, 0.29) is 37.2 Å². The number of ether oxygens (including phenoxy) is 2. The highest BCUT2D eigenvalue weighted by Crippen LogP contribution is 2.45. The van der Waals surface area contributed by atoms with Gasteiger partial charge in [-0.05, 0) is 24.1 Å². The van der Waals surface area contributed by atoms with Crippen LogP contribution >= 0.6 is 0 Å². The van der Waals surface area contributed by atoms with Crippen molar-refractivity contribution in [3.8, 4) is 5.75 Å². The fourth-order valence-corrected chi connectivity index (χ4v) is 4.45. The Bertz CT molecular complexity index is 1030. The highest BCUT2D eigenvalue weighted by Gasteiger charge is 2.61. The van der Waals surface area contributed by atoms with Gasteiger partial charge in [0.2, 0.25) is 11.6 Å². The van der Waals surface area contributed by atoms with Gasteiger partial charge in [-0.3, -0.25) is 14.5 Å². The number of fused-ring (bicyclic) bond motifs is 3. The summed E-state index contributed by atoms with van der Waals surface area (Å²) in [5, 5.41) is 0. The maximum absolute atomic E-state index is 13.6. The van der Waals surface area contributed by atoms with Crippen LogP contribution in [0.1, 0.15) is 42.6 Å². The predicted molar refractivity (Wildman–Crippen MR) is 115 cm³/mol. The molecule has 0 spiro atoms. The first-order chi connectivity index (χ1) is 14.9. The third-order valence-electron chi connectivity index (χ3n) is 5.80. The minimum atomic E-state index is -1.48. The first kappa shape index (κ1) is 20.9. The smallest absolute Gasteiger partial charge is 0.354 e. The van der Waals surface area contributed by atoms with Gasteiger partial charge in [0.15, 0.2) is 0 Å². The van der Waals surface area contributed by atoms with Gasteiger partial charge < -0.3 is 14.4 Å². The zero-order valence-electron chi connectivity index (χ0n) is 18.0. The average Bonchev–Trinajstić information content (AvgIpc) is 3.13. The van der Waals surface area contributed by atoms with Gasteiger partial charge in [-0.25, -0.2) is 4.79 Å². The van der Waals surface area contributed by atoms with Gasteiger partial charge in [-0.1, -0.05) is 44.2 Å². The second kappa shape index (κ2) is 8.06. The van der Waals surface area contributed by atoms with Crippen LogP contribution in [0.25, 0.3) is 0 Å². The number of esters is 1. The Balaban J connectivity index is 1.75. The maximum Gasteiger partial charge on any atom is 0.354 e. The van der Waals surface area contributed by atoms with E-state index >= 15 is 0 Å². The normalized spacial score (nSPS) is 20.0. The molecule has 1 fully saturated rings. The van der Waals surface area contributed by atoms with E-state index in [4.69, 9.17) is 9.47 Å². The molecule has 1 saturated heterocycles. The summed E-state index contributed by atoms with van der Waals surface area (Å²) in [4.78, 5) is 43.0. The van der Waals surface area contributed by atoms with Gasteiger partial charge in [0.05, 0.1) is 18.4 Å². The molecular weight excluding hydrogens is 396 g/mol. The second-order valence-electron chi connectivity index (χ2n) is 8.26. The van der Waals surface area contributed by atoms with E-state index in [0.29, 0.717) is 29.1 Å². The van der Waals surface area contributed by atoms with Crippen molar-refractivity contribution < 1.29 is 23.9 Å². The van der Waals surface area contributed by atoms with Crippen LogP contribution < -0.4 is 9.64 Å². The number of anilines is 1. The Hall–Kier alpha value is -3.35. The number of para-hydroxylation sites is 2. The fourth-order valence-electron chi connectivity index (χ4n) is 4.45. The number of rotatable bonds is 6. The van der Waals surface area contributed by atoms with Crippen LogP contribution in [0.4, 0.5) is 5.69 Å². The van der Waals surface area contributed by atoms with E-state index in [1.165, 1.54) is 9.80 Å². The highest BCUT2D eigenvalue weighted by atomic mass is 16.5. The molecule has 2 aliphatic heterocycles. The molecule has 7 heteroatoms. The summed E-state index contributed by atoms with van der Waals surface area (Å²) in [6.07, 6.45) is 0.364. The summed E-state index contributed by atoms with van der Waals surface area (Å²) in [7, 11) is 1.55. The third-order valence-corrected chi connectivity index (χ3v) is 5.80. The minimum absolute atomic E-state index is 0.0159. The second-order valence-corrected chi connectivity index (χ2v) is 8.26. The topological polar surface area (TPSA) is 76.1 Å². The van der Waals surface area contributed by atoms with Gasteiger partial charge in [-0.2, -0.15) is 0 Å². The van der Waals surface area contributed by atoms with Gasteiger partial charge in [0.1, 0.15) is 12.4 Å². The molecule has 31 heavy (non-hydrogen) atoms. The number of amides is 2. The molecule has 0 N–H and O–H groups in total. The van der Waals surface area contributed by atoms with Crippen molar-refractivity contribution in [2.24, 2.45) is 5.92 Å². The number of benzene rings is 2. The number of nitrogens with zero attached hydrogens (tertiary/aromatic N) is 2. The fraction of sp³-hybridized carbons (Fsp3) is 0.375. The molecule has 0 aliphatic carbocycles. The predicted octanol–water partition coefficient (Wildman–Crippen LogP) is 3.37. The molecule has 0 unspecified atom stereocenters. The standard InChI is InChI=1S/C24H26N2O5/c1-16(2)14-25-22(28)18-9-5-6-10-19(18)26-21(27)12-13-24(25,26)23(29)31-15-17-8-4-7-11-20(17)30-3/h4-11,16H,12-15H2,1-3H3/t24-/m1/s1. The molecule has 0 aromatic heterocycles. The molecule has 2 aromatic rings. The number of hydrogen-bond acceptors (Lipinski definition) is 5. The van der Waals surface area contributed by atoms with Crippen LogP contribution in [-0.2, 0) is 20.9 Å². The van der Waals surface area contributed by atoms with E-state index in [1.54, 1.807) is 37.4 Å². The van der Waals surface area contributed by atoms with Crippen LogP contribution in [0.15, 0.2) is 48.5 Å². The summed E-state index contributed by atoms with van der Waals surface area (Å²) >= 11 is 0. The maximum atomic E-state index is 13.6. The third kappa shape index (κ3) is 3.34. The van der Waals surface area contributed by atoms with Gasteiger partial charge in [0.25, 0.3) is 5.91 Å². The van der Waals surface area contributed by atoms with Crippen LogP contribution in [0, 0.1) is 5.92 Å². The summed E-state index contributed by atoms with van der Waals surface area (Å²) in [5.41, 5.74) is 0.119. The monoisotopic (exact) mass is 422 g/mol. The Morgan fingerprint density at radius 1 is 1.10 bits per heavy atom. The lowest BCUT2D eigenvalue weighted by Crippen LogP contribution is -2.69. The Kier molecular flexibility index (Phi) is 5.43. The number of hydrogen-bond donors (Lipinski definition) is 0. The minimum Gasteiger partial charge on any atom is -0.496 e. The lowest BCUT2D eigenvalue weighted by molar-refractivity contribution is -0.159. The zero-order valence-corrected chi connectivity index (χ0v) is 18.0. The van der Waals surface area contributed by atoms with Crippen LogP contribution in [0.3, 0.4) is 0 Å². The van der Waals surface area contributed by atoms with Crippen molar-refractivity contribution in [2.45, 2.75) is 39.0 Å². The van der Waals surface area contributed by atoms with E-state index in [9.17, 15) is 14.4 Å².